The Morgan fingerprint density at radius 3 is 1.81 bits per heavy atom. The van der Waals surface area contributed by atoms with E-state index in [1.165, 1.54) is 24.0 Å². The van der Waals surface area contributed by atoms with Crippen LogP contribution < -0.4 is 0 Å². The van der Waals surface area contributed by atoms with Crippen molar-refractivity contribution in [1.29, 1.82) is 0 Å². The Kier molecular flexibility index (Phi) is 4.79. The largest absolute Gasteiger partial charge is 0.0759 e. The summed E-state index contributed by atoms with van der Waals surface area (Å²) >= 11 is 0. The molecule has 0 N–H and O–H groups in total. The molecule has 1 aromatic carbocycles. The summed E-state index contributed by atoms with van der Waals surface area (Å²) in [5, 5.41) is 2.26. The van der Waals surface area contributed by atoms with Crippen LogP contribution in [0.4, 0.5) is 0 Å². The van der Waals surface area contributed by atoms with Gasteiger partial charge in [-0.15, -0.1) is 0 Å². The Hall–Kier alpha value is -0.870. The molecule has 0 saturated heterocycles. The fraction of sp³-hybridized carbons (Fsp3) is 0.500. The summed E-state index contributed by atoms with van der Waals surface area (Å²) in [5.41, 5.74) is 2.86. The summed E-state index contributed by atoms with van der Waals surface area (Å²) in [6.07, 6.45) is 7.34. The predicted octanol–water partition coefficient (Wildman–Crippen LogP) is 6.83. The minimum Gasteiger partial charge on any atom is -0.0759 e. The van der Waals surface area contributed by atoms with Crippen LogP contribution in [0.5, 0.6) is 0 Å². The van der Waals surface area contributed by atoms with Gasteiger partial charge in [0, 0.05) is 0 Å². The van der Waals surface area contributed by atoms with Crippen LogP contribution in [0.3, 0.4) is 0 Å². The zero-order valence-electron chi connectivity index (χ0n) is 14.4. The van der Waals surface area contributed by atoms with E-state index in [1.807, 2.05) is 0 Å². The molecule has 0 nitrogen and oxygen atoms in total. The van der Waals surface area contributed by atoms with Crippen LogP contribution in [0, 0.1) is 0 Å². The molecule has 0 amide bonds. The molecule has 0 atom stereocenters. The number of hydrogen-bond donors (Lipinski definition) is 0. The van der Waals surface area contributed by atoms with Gasteiger partial charge in [-0.3, -0.25) is 0 Å². The second-order valence-electron chi connectivity index (χ2n) is 7.83. The molecule has 0 bridgehead atoms. The maximum atomic E-state index is 2.52. The van der Waals surface area contributed by atoms with Crippen molar-refractivity contribution in [2.75, 3.05) is 0 Å². The van der Waals surface area contributed by atoms with Crippen LogP contribution in [-0.4, -0.2) is 10.3 Å². The van der Waals surface area contributed by atoms with E-state index in [-0.39, 0.29) is 7.92 Å². The average Bonchev–Trinajstić information content (AvgIpc) is 2.37. The highest BCUT2D eigenvalue weighted by Gasteiger charge is 2.38. The van der Waals surface area contributed by atoms with E-state index in [0.717, 1.165) is 0 Å². The smallest absolute Gasteiger partial charge is 0.0134 e. The van der Waals surface area contributed by atoms with E-state index in [1.54, 1.807) is 5.31 Å². The average molecular weight is 300 g/mol. The lowest BCUT2D eigenvalue weighted by Gasteiger charge is -2.44. The predicted molar refractivity (Wildman–Crippen MR) is 98.2 cm³/mol. The lowest BCUT2D eigenvalue weighted by Crippen LogP contribution is -2.26. The van der Waals surface area contributed by atoms with Crippen LogP contribution in [-0.2, 0) is 0 Å². The van der Waals surface area contributed by atoms with E-state index in [0.29, 0.717) is 10.3 Å². The van der Waals surface area contributed by atoms with E-state index in [9.17, 15) is 0 Å². The van der Waals surface area contributed by atoms with Crippen molar-refractivity contribution in [1.82, 2.24) is 0 Å². The monoisotopic (exact) mass is 300 g/mol. The summed E-state index contributed by atoms with van der Waals surface area (Å²) in [6, 6.07) is 10.9. The van der Waals surface area contributed by atoms with Gasteiger partial charge < -0.3 is 0 Å². The molecule has 0 saturated carbocycles. The second kappa shape index (κ2) is 6.09. The molecule has 0 aliphatic heterocycles. The van der Waals surface area contributed by atoms with E-state index in [2.05, 4.69) is 84.0 Å². The van der Waals surface area contributed by atoms with Gasteiger partial charge in [0.1, 0.15) is 0 Å². The van der Waals surface area contributed by atoms with Gasteiger partial charge in [0.2, 0.25) is 0 Å². The number of benzene rings is 1. The topological polar surface area (TPSA) is 0 Å². The normalized spacial score (nSPS) is 16.7. The molecule has 1 aromatic rings. The maximum Gasteiger partial charge on any atom is -0.0134 e. The Morgan fingerprint density at radius 1 is 0.762 bits per heavy atom. The lowest BCUT2D eigenvalue weighted by atomic mass is 9.99. The molecule has 0 aromatic heterocycles. The molecular formula is C20H29P. The van der Waals surface area contributed by atoms with Crippen molar-refractivity contribution < 1.29 is 0 Å². The van der Waals surface area contributed by atoms with Crippen molar-refractivity contribution in [2.24, 2.45) is 0 Å². The minimum absolute atomic E-state index is 0.231. The van der Waals surface area contributed by atoms with Crippen LogP contribution in [0.15, 0.2) is 47.8 Å². The quantitative estimate of drug-likeness (QED) is 0.525. The van der Waals surface area contributed by atoms with Gasteiger partial charge in [-0.2, -0.15) is 0 Å². The first kappa shape index (κ1) is 16.5. The SMILES string of the molecule is CC(C)(C)P(C1=CCCC=C1c1ccccc1)C(C)(C)C. The first-order valence-corrected chi connectivity index (χ1v) is 9.32. The Morgan fingerprint density at radius 2 is 1.29 bits per heavy atom. The first-order valence-electron chi connectivity index (χ1n) is 7.98. The van der Waals surface area contributed by atoms with Gasteiger partial charge in [0.15, 0.2) is 0 Å². The Bertz CT molecular complexity index is 521. The van der Waals surface area contributed by atoms with Crippen LogP contribution in [0.25, 0.3) is 5.57 Å². The maximum absolute atomic E-state index is 2.52. The molecule has 21 heavy (non-hydrogen) atoms. The molecule has 2 rings (SSSR count). The van der Waals surface area contributed by atoms with Crippen molar-refractivity contribution in [3.63, 3.8) is 0 Å². The fourth-order valence-electron chi connectivity index (χ4n) is 3.49. The van der Waals surface area contributed by atoms with Gasteiger partial charge >= 0.3 is 0 Å². The summed E-state index contributed by atoms with van der Waals surface area (Å²) in [7, 11) is -0.231. The second-order valence-corrected chi connectivity index (χ2v) is 11.7. The zero-order chi connectivity index (χ0) is 15.7. The van der Waals surface area contributed by atoms with Gasteiger partial charge in [-0.1, -0.05) is 91.9 Å². The summed E-state index contributed by atoms with van der Waals surface area (Å²) in [4.78, 5) is 0. The molecule has 1 aliphatic carbocycles. The summed E-state index contributed by atoms with van der Waals surface area (Å²) in [5.74, 6) is 0. The minimum atomic E-state index is -0.231. The summed E-state index contributed by atoms with van der Waals surface area (Å²) in [6.45, 7) is 14.4. The van der Waals surface area contributed by atoms with E-state index >= 15 is 0 Å². The lowest BCUT2D eigenvalue weighted by molar-refractivity contribution is 0.712. The highest BCUT2D eigenvalue weighted by atomic mass is 31.1. The third-order valence-electron chi connectivity index (χ3n) is 3.80. The zero-order valence-corrected chi connectivity index (χ0v) is 15.3. The molecule has 0 fully saturated rings. The number of rotatable bonds is 2. The standard InChI is InChI=1S/C20H29P/c1-19(2,3)21(20(4,5)6)18-15-11-10-14-17(18)16-12-8-7-9-13-16/h7-9,12-15H,10-11H2,1-6H3. The van der Waals surface area contributed by atoms with Crippen molar-refractivity contribution in [2.45, 2.75) is 64.7 Å². The van der Waals surface area contributed by atoms with E-state index < -0.39 is 0 Å². The molecule has 0 spiro atoms. The van der Waals surface area contributed by atoms with Gasteiger partial charge in [-0.05, 0) is 39.6 Å². The Labute approximate surface area is 132 Å². The van der Waals surface area contributed by atoms with Crippen molar-refractivity contribution in [3.05, 3.63) is 53.4 Å². The van der Waals surface area contributed by atoms with Gasteiger partial charge in [0.25, 0.3) is 0 Å². The first-order chi connectivity index (χ1) is 9.71. The third kappa shape index (κ3) is 3.86. The third-order valence-corrected chi connectivity index (χ3v) is 7.38. The molecule has 0 radical (unpaired) electrons. The van der Waals surface area contributed by atoms with Crippen LogP contribution >= 0.6 is 7.92 Å². The van der Waals surface area contributed by atoms with Crippen LogP contribution in [0.1, 0.15) is 59.9 Å². The number of allylic oxidation sites excluding steroid dienone is 4. The summed E-state index contributed by atoms with van der Waals surface area (Å²) < 4.78 is 0. The highest BCUT2D eigenvalue weighted by Crippen LogP contribution is 2.67. The fourth-order valence-corrected chi connectivity index (χ4v) is 7.72. The molecule has 114 valence electrons. The van der Waals surface area contributed by atoms with Crippen molar-refractivity contribution >= 4 is 13.5 Å². The molecule has 1 heteroatoms. The van der Waals surface area contributed by atoms with Crippen LogP contribution in [0.2, 0.25) is 0 Å². The Balaban J connectivity index is 2.49. The molecule has 0 unspecified atom stereocenters. The van der Waals surface area contributed by atoms with Gasteiger partial charge in [-0.25, -0.2) is 0 Å². The molecular weight excluding hydrogens is 271 g/mol. The molecule has 1 aliphatic rings. The van der Waals surface area contributed by atoms with Crippen molar-refractivity contribution in [3.8, 4) is 0 Å². The van der Waals surface area contributed by atoms with E-state index in [4.69, 9.17) is 0 Å². The highest BCUT2D eigenvalue weighted by molar-refractivity contribution is 7.65. The van der Waals surface area contributed by atoms with Gasteiger partial charge in [0.05, 0.1) is 0 Å². The molecule has 0 heterocycles. The number of hydrogen-bond acceptors (Lipinski definition) is 0.